The number of nitrogens with zero attached hydrogens (tertiary/aromatic N) is 1. The van der Waals surface area contributed by atoms with Gasteiger partial charge in [0.15, 0.2) is 0 Å². The highest BCUT2D eigenvalue weighted by Crippen LogP contribution is 2.33. The quantitative estimate of drug-likeness (QED) is 0.814. The average molecular weight is 326 g/mol. The lowest BCUT2D eigenvalue weighted by molar-refractivity contribution is 0.102. The molecule has 4 heteroatoms. The summed E-state index contributed by atoms with van der Waals surface area (Å²) in [5.41, 5.74) is 3.62. The lowest BCUT2D eigenvalue weighted by Crippen LogP contribution is -2.17. The fourth-order valence-corrected chi connectivity index (χ4v) is 2.69. The highest BCUT2D eigenvalue weighted by Gasteiger charge is 2.19. The molecule has 0 saturated heterocycles. The van der Waals surface area contributed by atoms with Gasteiger partial charge in [0.05, 0.1) is 6.61 Å². The number of pyridine rings is 1. The van der Waals surface area contributed by atoms with E-state index < -0.39 is 0 Å². The minimum atomic E-state index is -0.193. The van der Waals surface area contributed by atoms with Crippen LogP contribution in [-0.2, 0) is 0 Å². The number of anilines is 1. The van der Waals surface area contributed by atoms with Crippen molar-refractivity contribution in [3.8, 4) is 5.88 Å². The van der Waals surface area contributed by atoms with E-state index in [4.69, 9.17) is 4.74 Å². The van der Waals surface area contributed by atoms with Crippen LogP contribution in [0, 0.1) is 0 Å². The number of para-hydroxylation sites is 1. The number of benzene rings is 1. The van der Waals surface area contributed by atoms with Crippen molar-refractivity contribution in [2.24, 2.45) is 0 Å². The zero-order valence-electron chi connectivity index (χ0n) is 15.1. The van der Waals surface area contributed by atoms with E-state index in [-0.39, 0.29) is 5.91 Å². The molecule has 0 unspecified atom stereocenters. The Morgan fingerprint density at radius 2 is 1.71 bits per heavy atom. The number of aromatic nitrogens is 1. The summed E-state index contributed by atoms with van der Waals surface area (Å²) in [6, 6.07) is 9.67. The summed E-state index contributed by atoms with van der Waals surface area (Å²) in [7, 11) is 0. The summed E-state index contributed by atoms with van der Waals surface area (Å²) >= 11 is 0. The van der Waals surface area contributed by atoms with Crippen LogP contribution in [0.25, 0.3) is 0 Å². The van der Waals surface area contributed by atoms with Crippen molar-refractivity contribution in [1.29, 1.82) is 0 Å². The summed E-state index contributed by atoms with van der Waals surface area (Å²) in [5, 5.41) is 3.10. The predicted octanol–water partition coefficient (Wildman–Crippen LogP) is 4.98. The molecule has 0 saturated carbocycles. The van der Waals surface area contributed by atoms with E-state index in [2.05, 4.69) is 56.2 Å². The van der Waals surface area contributed by atoms with Crippen LogP contribution in [0.1, 0.15) is 67.9 Å². The molecule has 0 aliphatic rings. The Kier molecular flexibility index (Phi) is 5.96. The second-order valence-corrected chi connectivity index (χ2v) is 6.36. The molecule has 0 fully saturated rings. The summed E-state index contributed by atoms with van der Waals surface area (Å²) in [6.45, 7) is 10.9. The van der Waals surface area contributed by atoms with Gasteiger partial charge < -0.3 is 10.1 Å². The molecule has 1 heterocycles. The van der Waals surface area contributed by atoms with Crippen molar-refractivity contribution < 1.29 is 9.53 Å². The minimum absolute atomic E-state index is 0.193. The topological polar surface area (TPSA) is 51.2 Å². The normalized spacial score (nSPS) is 11.0. The smallest absolute Gasteiger partial charge is 0.261 e. The van der Waals surface area contributed by atoms with Crippen LogP contribution >= 0.6 is 0 Å². The van der Waals surface area contributed by atoms with Crippen LogP contribution in [0.2, 0.25) is 0 Å². The van der Waals surface area contributed by atoms with Gasteiger partial charge in [0, 0.05) is 11.9 Å². The highest BCUT2D eigenvalue weighted by atomic mass is 16.5. The second-order valence-electron chi connectivity index (χ2n) is 6.36. The Morgan fingerprint density at radius 3 is 2.25 bits per heavy atom. The average Bonchev–Trinajstić information content (AvgIpc) is 2.55. The maximum atomic E-state index is 12.8. The Labute approximate surface area is 144 Å². The number of carbonyl (C=O) groups excluding carboxylic acids is 1. The van der Waals surface area contributed by atoms with Crippen molar-refractivity contribution >= 4 is 11.6 Å². The molecular weight excluding hydrogens is 300 g/mol. The van der Waals surface area contributed by atoms with E-state index in [0.717, 1.165) is 16.8 Å². The van der Waals surface area contributed by atoms with Gasteiger partial charge >= 0.3 is 0 Å². The first-order valence-corrected chi connectivity index (χ1v) is 8.47. The summed E-state index contributed by atoms with van der Waals surface area (Å²) < 4.78 is 5.48. The van der Waals surface area contributed by atoms with Gasteiger partial charge in [0.25, 0.3) is 5.91 Å². The Hall–Kier alpha value is -2.36. The van der Waals surface area contributed by atoms with E-state index >= 15 is 0 Å². The van der Waals surface area contributed by atoms with Gasteiger partial charge in [0.1, 0.15) is 5.56 Å². The van der Waals surface area contributed by atoms with Gasteiger partial charge in [-0.1, -0.05) is 45.9 Å². The van der Waals surface area contributed by atoms with Crippen LogP contribution in [0.3, 0.4) is 0 Å². The standard InChI is InChI=1S/C20H26N2O2/c1-6-24-20-17(11-8-12-21-20)19(23)22-18-15(13(2)3)9-7-10-16(18)14(4)5/h7-14H,6H2,1-5H3,(H,22,23). The van der Waals surface area contributed by atoms with Gasteiger partial charge in [-0.2, -0.15) is 0 Å². The van der Waals surface area contributed by atoms with Crippen LogP contribution in [0.5, 0.6) is 5.88 Å². The molecular formula is C20H26N2O2. The van der Waals surface area contributed by atoms with E-state index in [9.17, 15) is 4.79 Å². The van der Waals surface area contributed by atoms with Crippen molar-refractivity contribution in [3.63, 3.8) is 0 Å². The molecule has 1 aromatic heterocycles. The molecule has 1 N–H and O–H groups in total. The predicted molar refractivity (Wildman–Crippen MR) is 98.0 cm³/mol. The van der Waals surface area contributed by atoms with Crippen molar-refractivity contribution in [1.82, 2.24) is 4.98 Å². The molecule has 0 atom stereocenters. The van der Waals surface area contributed by atoms with E-state index in [1.54, 1.807) is 18.3 Å². The molecule has 0 bridgehead atoms. The Morgan fingerprint density at radius 1 is 1.08 bits per heavy atom. The fraction of sp³-hybridized carbons (Fsp3) is 0.400. The first kappa shape index (κ1) is 18.0. The lowest BCUT2D eigenvalue weighted by atomic mass is 9.92. The van der Waals surface area contributed by atoms with Gasteiger partial charge in [0.2, 0.25) is 5.88 Å². The van der Waals surface area contributed by atoms with Gasteiger partial charge in [-0.05, 0) is 42.0 Å². The SMILES string of the molecule is CCOc1ncccc1C(=O)Nc1c(C(C)C)cccc1C(C)C. The van der Waals surface area contributed by atoms with E-state index in [1.165, 1.54) is 0 Å². The van der Waals surface area contributed by atoms with Crippen LogP contribution < -0.4 is 10.1 Å². The zero-order valence-corrected chi connectivity index (χ0v) is 15.1. The Balaban J connectivity index is 2.42. The van der Waals surface area contributed by atoms with Crippen molar-refractivity contribution in [3.05, 3.63) is 53.2 Å². The summed E-state index contributed by atoms with van der Waals surface area (Å²) in [6.07, 6.45) is 1.63. The molecule has 0 aliphatic carbocycles. The fourth-order valence-electron chi connectivity index (χ4n) is 2.69. The molecule has 1 aromatic carbocycles. The van der Waals surface area contributed by atoms with E-state index in [1.807, 2.05) is 6.92 Å². The number of rotatable bonds is 6. The van der Waals surface area contributed by atoms with Crippen LogP contribution in [0.15, 0.2) is 36.5 Å². The number of amides is 1. The molecule has 128 valence electrons. The van der Waals surface area contributed by atoms with Gasteiger partial charge in [-0.15, -0.1) is 0 Å². The van der Waals surface area contributed by atoms with Crippen molar-refractivity contribution in [2.45, 2.75) is 46.5 Å². The third-order valence-corrected chi connectivity index (χ3v) is 3.91. The van der Waals surface area contributed by atoms with Crippen LogP contribution in [-0.4, -0.2) is 17.5 Å². The molecule has 0 aliphatic heterocycles. The van der Waals surface area contributed by atoms with Crippen LogP contribution in [0.4, 0.5) is 5.69 Å². The third-order valence-electron chi connectivity index (χ3n) is 3.91. The summed E-state index contributed by atoms with van der Waals surface area (Å²) in [5.74, 6) is 0.811. The van der Waals surface area contributed by atoms with Crippen molar-refractivity contribution in [2.75, 3.05) is 11.9 Å². The van der Waals surface area contributed by atoms with Gasteiger partial charge in [-0.25, -0.2) is 4.98 Å². The number of carbonyl (C=O) groups is 1. The molecule has 0 spiro atoms. The first-order valence-electron chi connectivity index (χ1n) is 8.47. The zero-order chi connectivity index (χ0) is 17.7. The number of nitrogens with one attached hydrogen (secondary N) is 1. The molecule has 2 aromatic rings. The maximum Gasteiger partial charge on any atom is 0.261 e. The molecule has 1 amide bonds. The highest BCUT2D eigenvalue weighted by molar-refractivity contribution is 6.06. The maximum absolute atomic E-state index is 12.8. The first-order chi connectivity index (χ1) is 11.5. The second kappa shape index (κ2) is 7.95. The number of ether oxygens (including phenoxy) is 1. The minimum Gasteiger partial charge on any atom is -0.477 e. The summed E-state index contributed by atoms with van der Waals surface area (Å²) in [4.78, 5) is 17.0. The molecule has 0 radical (unpaired) electrons. The molecule has 24 heavy (non-hydrogen) atoms. The van der Waals surface area contributed by atoms with E-state index in [0.29, 0.717) is 29.9 Å². The lowest BCUT2D eigenvalue weighted by Gasteiger charge is -2.20. The molecule has 2 rings (SSSR count). The molecule has 4 nitrogen and oxygen atoms in total. The Bertz CT molecular complexity index is 682. The van der Waals surface area contributed by atoms with Gasteiger partial charge in [-0.3, -0.25) is 4.79 Å². The number of hydrogen-bond acceptors (Lipinski definition) is 3. The monoisotopic (exact) mass is 326 g/mol. The number of hydrogen-bond donors (Lipinski definition) is 1. The largest absolute Gasteiger partial charge is 0.477 e. The third kappa shape index (κ3) is 3.94.